The Morgan fingerprint density at radius 2 is 2.09 bits per heavy atom. The Balaban J connectivity index is 1.70. The first kappa shape index (κ1) is 15.4. The maximum Gasteiger partial charge on any atom is 0.223 e. The summed E-state index contributed by atoms with van der Waals surface area (Å²) < 4.78 is 5.24. The normalized spacial score (nSPS) is 14.6. The van der Waals surface area contributed by atoms with Crippen LogP contribution in [0.3, 0.4) is 0 Å². The lowest BCUT2D eigenvalue weighted by Crippen LogP contribution is -2.44. The molecule has 122 valence electrons. The Kier molecular flexibility index (Phi) is 4.77. The number of hydrogen-bond acceptors (Lipinski definition) is 7. The first-order valence-corrected chi connectivity index (χ1v) is 7.71. The van der Waals surface area contributed by atoms with E-state index in [0.29, 0.717) is 6.54 Å². The van der Waals surface area contributed by atoms with Crippen molar-refractivity contribution in [2.45, 2.75) is 6.54 Å². The van der Waals surface area contributed by atoms with Crippen molar-refractivity contribution in [3.05, 3.63) is 35.9 Å². The smallest absolute Gasteiger partial charge is 0.223 e. The van der Waals surface area contributed by atoms with Crippen LogP contribution in [0.25, 0.3) is 0 Å². The molecule has 4 N–H and O–H groups in total. The minimum Gasteiger partial charge on any atom is -0.497 e. The van der Waals surface area contributed by atoms with Crippen LogP contribution in [0.2, 0.25) is 0 Å². The lowest BCUT2D eigenvalue weighted by molar-refractivity contribution is 0.414. The average Bonchev–Trinajstić information content (AvgIpc) is 2.60. The molecule has 0 atom stereocenters. The molecular formula is C16H22N6O. The number of ether oxygens (including phenoxy) is 1. The lowest BCUT2D eigenvalue weighted by Gasteiger charge is -2.28. The maximum atomic E-state index is 5.86. The molecule has 2 heterocycles. The second kappa shape index (κ2) is 7.15. The molecule has 0 saturated carbocycles. The molecule has 1 aliphatic rings. The molecule has 7 heteroatoms. The monoisotopic (exact) mass is 314 g/mol. The number of nitrogen functional groups attached to an aromatic ring is 1. The van der Waals surface area contributed by atoms with Crippen LogP contribution >= 0.6 is 0 Å². The fourth-order valence-corrected chi connectivity index (χ4v) is 2.57. The van der Waals surface area contributed by atoms with Crippen molar-refractivity contribution in [2.24, 2.45) is 0 Å². The Labute approximate surface area is 135 Å². The van der Waals surface area contributed by atoms with E-state index in [1.807, 2.05) is 30.3 Å². The van der Waals surface area contributed by atoms with Crippen LogP contribution in [0.15, 0.2) is 30.3 Å². The van der Waals surface area contributed by atoms with Crippen molar-refractivity contribution in [3.8, 4) is 5.75 Å². The molecule has 1 aromatic carbocycles. The maximum absolute atomic E-state index is 5.86. The number of aromatic nitrogens is 2. The summed E-state index contributed by atoms with van der Waals surface area (Å²) in [7, 11) is 1.66. The third kappa shape index (κ3) is 4.01. The van der Waals surface area contributed by atoms with Crippen molar-refractivity contribution in [1.29, 1.82) is 0 Å². The predicted molar refractivity (Wildman–Crippen MR) is 91.8 cm³/mol. The van der Waals surface area contributed by atoms with Crippen LogP contribution in [0.5, 0.6) is 5.75 Å². The number of nitrogens with zero attached hydrogens (tertiary/aromatic N) is 3. The molecule has 1 saturated heterocycles. The zero-order valence-electron chi connectivity index (χ0n) is 13.2. The summed E-state index contributed by atoms with van der Waals surface area (Å²) in [5, 5.41) is 6.63. The van der Waals surface area contributed by atoms with Crippen molar-refractivity contribution < 1.29 is 4.74 Å². The predicted octanol–water partition coefficient (Wildman–Crippen LogP) is 1.09. The highest BCUT2D eigenvalue weighted by Crippen LogP contribution is 2.19. The topological polar surface area (TPSA) is 88.3 Å². The highest BCUT2D eigenvalue weighted by molar-refractivity contribution is 5.53. The Morgan fingerprint density at radius 3 is 2.87 bits per heavy atom. The molecule has 1 aliphatic heterocycles. The highest BCUT2D eigenvalue weighted by Gasteiger charge is 2.13. The summed E-state index contributed by atoms with van der Waals surface area (Å²) in [5.41, 5.74) is 6.97. The Hall–Kier alpha value is -2.54. The van der Waals surface area contributed by atoms with Crippen LogP contribution in [-0.2, 0) is 6.54 Å². The summed E-state index contributed by atoms with van der Waals surface area (Å²) in [4.78, 5) is 10.8. The van der Waals surface area contributed by atoms with E-state index in [2.05, 4.69) is 25.5 Å². The summed E-state index contributed by atoms with van der Waals surface area (Å²) in [6.45, 7) is 4.40. The van der Waals surface area contributed by atoms with E-state index in [4.69, 9.17) is 10.5 Å². The second-order valence-corrected chi connectivity index (χ2v) is 5.41. The van der Waals surface area contributed by atoms with Crippen molar-refractivity contribution in [3.63, 3.8) is 0 Å². The second-order valence-electron chi connectivity index (χ2n) is 5.41. The van der Waals surface area contributed by atoms with E-state index in [0.717, 1.165) is 49.1 Å². The quantitative estimate of drug-likeness (QED) is 0.761. The molecule has 2 aromatic rings. The summed E-state index contributed by atoms with van der Waals surface area (Å²) in [5.74, 6) is 2.73. The van der Waals surface area contributed by atoms with Gasteiger partial charge in [-0.3, -0.25) is 0 Å². The molecule has 1 fully saturated rings. The molecule has 0 amide bonds. The summed E-state index contributed by atoms with van der Waals surface area (Å²) >= 11 is 0. The number of benzene rings is 1. The third-order valence-electron chi connectivity index (χ3n) is 3.78. The van der Waals surface area contributed by atoms with E-state index in [1.165, 1.54) is 0 Å². The first-order chi connectivity index (χ1) is 11.2. The average molecular weight is 314 g/mol. The number of anilines is 3. The molecule has 0 radical (unpaired) electrons. The highest BCUT2D eigenvalue weighted by atomic mass is 16.5. The van der Waals surface area contributed by atoms with Crippen molar-refractivity contribution >= 4 is 17.6 Å². The van der Waals surface area contributed by atoms with E-state index >= 15 is 0 Å². The number of rotatable bonds is 5. The number of nitrogens with one attached hydrogen (secondary N) is 2. The van der Waals surface area contributed by atoms with Gasteiger partial charge in [-0.15, -0.1) is 0 Å². The van der Waals surface area contributed by atoms with Crippen molar-refractivity contribution in [2.75, 3.05) is 49.2 Å². The van der Waals surface area contributed by atoms with Gasteiger partial charge in [0.25, 0.3) is 0 Å². The zero-order valence-corrected chi connectivity index (χ0v) is 13.2. The molecule has 7 nitrogen and oxygen atoms in total. The SMILES string of the molecule is COc1cccc(CNc2cc(N3CCNCC3)nc(N)n2)c1. The fraction of sp³-hybridized carbons (Fsp3) is 0.375. The van der Waals surface area contributed by atoms with Gasteiger partial charge in [-0.05, 0) is 17.7 Å². The molecule has 3 rings (SSSR count). The van der Waals surface area contributed by atoms with Gasteiger partial charge in [0, 0.05) is 38.8 Å². The fourth-order valence-electron chi connectivity index (χ4n) is 2.57. The van der Waals surface area contributed by atoms with Crippen molar-refractivity contribution in [1.82, 2.24) is 15.3 Å². The molecule has 23 heavy (non-hydrogen) atoms. The van der Waals surface area contributed by atoms with Gasteiger partial charge in [-0.2, -0.15) is 9.97 Å². The minimum absolute atomic E-state index is 0.286. The zero-order chi connectivity index (χ0) is 16.1. The van der Waals surface area contributed by atoms with Gasteiger partial charge in [0.15, 0.2) is 0 Å². The van der Waals surface area contributed by atoms with Crippen LogP contribution in [0.4, 0.5) is 17.6 Å². The van der Waals surface area contributed by atoms with E-state index in [1.54, 1.807) is 7.11 Å². The molecule has 0 unspecified atom stereocenters. The summed E-state index contributed by atoms with van der Waals surface area (Å²) in [6, 6.07) is 9.87. The van der Waals surface area contributed by atoms with Crippen LogP contribution in [0, 0.1) is 0 Å². The van der Waals surface area contributed by atoms with Gasteiger partial charge >= 0.3 is 0 Å². The summed E-state index contributed by atoms with van der Waals surface area (Å²) in [6.07, 6.45) is 0. The van der Waals surface area contributed by atoms with Gasteiger partial charge in [0.2, 0.25) is 5.95 Å². The number of piperazine rings is 1. The van der Waals surface area contributed by atoms with Crippen LogP contribution in [-0.4, -0.2) is 43.3 Å². The molecular weight excluding hydrogens is 292 g/mol. The Morgan fingerprint density at radius 1 is 1.26 bits per heavy atom. The van der Waals surface area contributed by atoms with Gasteiger partial charge in [-0.1, -0.05) is 12.1 Å². The number of hydrogen-bond donors (Lipinski definition) is 3. The van der Waals surface area contributed by atoms with Gasteiger partial charge in [0.05, 0.1) is 7.11 Å². The van der Waals surface area contributed by atoms with Gasteiger partial charge in [0.1, 0.15) is 17.4 Å². The first-order valence-electron chi connectivity index (χ1n) is 7.71. The standard InChI is InChI=1S/C16H22N6O/c1-23-13-4-2-3-12(9-13)11-19-14-10-15(21-16(17)20-14)22-7-5-18-6-8-22/h2-4,9-10,18H,5-8,11H2,1H3,(H3,17,19,20,21). The van der Waals surface area contributed by atoms with E-state index in [9.17, 15) is 0 Å². The van der Waals surface area contributed by atoms with Crippen LogP contribution < -0.4 is 26.0 Å². The van der Waals surface area contributed by atoms with E-state index in [-0.39, 0.29) is 5.95 Å². The third-order valence-corrected chi connectivity index (χ3v) is 3.78. The number of methoxy groups -OCH3 is 1. The van der Waals surface area contributed by atoms with Gasteiger partial charge in [-0.25, -0.2) is 0 Å². The number of nitrogens with two attached hydrogens (primary N) is 1. The van der Waals surface area contributed by atoms with Crippen LogP contribution in [0.1, 0.15) is 5.56 Å². The lowest BCUT2D eigenvalue weighted by atomic mass is 10.2. The Bertz CT molecular complexity index is 657. The van der Waals surface area contributed by atoms with E-state index < -0.39 is 0 Å². The van der Waals surface area contributed by atoms with Gasteiger partial charge < -0.3 is 26.0 Å². The largest absolute Gasteiger partial charge is 0.497 e. The molecule has 0 spiro atoms. The molecule has 0 bridgehead atoms. The minimum atomic E-state index is 0.286. The molecule has 0 aliphatic carbocycles. The molecule has 1 aromatic heterocycles.